The van der Waals surface area contributed by atoms with Gasteiger partial charge in [-0.25, -0.2) is 0 Å². The van der Waals surface area contributed by atoms with Crippen molar-refractivity contribution < 1.29 is 10.0 Å². The molecule has 3 heterocycles. The first-order chi connectivity index (χ1) is 12.0. The molecule has 134 valence electrons. The van der Waals surface area contributed by atoms with E-state index in [1.165, 1.54) is 6.21 Å². The van der Waals surface area contributed by atoms with E-state index in [1.54, 1.807) is 6.92 Å². The molecule has 0 atom stereocenters. The van der Waals surface area contributed by atoms with Crippen molar-refractivity contribution in [3.63, 3.8) is 0 Å². The zero-order chi connectivity index (χ0) is 18.0. The molecule has 3 rings (SSSR count). The van der Waals surface area contributed by atoms with Gasteiger partial charge in [0.1, 0.15) is 5.69 Å². The summed E-state index contributed by atoms with van der Waals surface area (Å²) in [7, 11) is 0. The molecule has 0 unspecified atom stereocenters. The van der Waals surface area contributed by atoms with Crippen molar-refractivity contribution in [2.75, 3.05) is 18.1 Å². The van der Waals surface area contributed by atoms with Crippen molar-refractivity contribution in [3.05, 3.63) is 45.5 Å². The molecule has 1 saturated heterocycles. The summed E-state index contributed by atoms with van der Waals surface area (Å²) in [5.41, 5.74) is 1.82. The lowest BCUT2D eigenvalue weighted by atomic mass is 10.1. The lowest BCUT2D eigenvalue weighted by Gasteiger charge is -2.34. The minimum Gasteiger partial charge on any atom is -0.411 e. The molecule has 1 fully saturated rings. The number of aromatic amines is 1. The average Bonchev–Trinajstić information content (AvgIpc) is 3.16. The number of oxime groups is 1. The highest BCUT2D eigenvalue weighted by atomic mass is 35.5. The van der Waals surface area contributed by atoms with Gasteiger partial charge in [0.15, 0.2) is 0 Å². The molecule has 0 radical (unpaired) electrons. The fourth-order valence-corrected chi connectivity index (χ4v) is 3.36. The van der Waals surface area contributed by atoms with Gasteiger partial charge in [-0.05, 0) is 25.8 Å². The van der Waals surface area contributed by atoms with Crippen LogP contribution in [0.1, 0.15) is 34.6 Å². The zero-order valence-corrected chi connectivity index (χ0v) is 15.2. The Balaban J connectivity index is 1.56. The molecule has 1 amide bonds. The Morgan fingerprint density at radius 3 is 2.72 bits per heavy atom. The molecular weight excluding hydrogens is 365 g/mol. The highest BCUT2D eigenvalue weighted by Crippen LogP contribution is 2.29. The highest BCUT2D eigenvalue weighted by molar-refractivity contribution is 6.44. The number of rotatable bonds is 4. The van der Waals surface area contributed by atoms with Crippen LogP contribution in [0.4, 0.5) is 0 Å². The third-order valence-corrected chi connectivity index (χ3v) is 5.27. The monoisotopic (exact) mass is 383 g/mol. The molecule has 0 aliphatic carbocycles. The highest BCUT2D eigenvalue weighted by Gasteiger charge is 2.24. The summed E-state index contributed by atoms with van der Waals surface area (Å²) in [6.07, 6.45) is 6.83. The van der Waals surface area contributed by atoms with Crippen molar-refractivity contribution in [3.8, 4) is 0 Å². The molecule has 1 aliphatic heterocycles. The second kappa shape index (κ2) is 7.41. The Kier molecular flexibility index (Phi) is 5.24. The molecule has 7 nitrogen and oxygen atoms in total. The fourth-order valence-electron chi connectivity index (χ4n) is 2.95. The number of amides is 1. The van der Waals surface area contributed by atoms with Crippen LogP contribution >= 0.6 is 23.2 Å². The number of halogens is 2. The molecular formula is C16H19Cl2N5O2. The maximum Gasteiger partial charge on any atom is 0.269 e. The molecule has 0 saturated carbocycles. The Hall–Kier alpha value is -2.12. The lowest BCUT2D eigenvalue weighted by molar-refractivity contribution is 0.0925. The van der Waals surface area contributed by atoms with Crippen LogP contribution in [0, 0.1) is 6.92 Å². The summed E-state index contributed by atoms with van der Waals surface area (Å²) >= 11 is 12.1. The maximum atomic E-state index is 12.4. The first kappa shape index (κ1) is 17.7. The molecule has 0 aromatic carbocycles. The van der Waals surface area contributed by atoms with E-state index in [0.717, 1.165) is 31.5 Å². The largest absolute Gasteiger partial charge is 0.411 e. The van der Waals surface area contributed by atoms with Gasteiger partial charge >= 0.3 is 0 Å². The standard InChI is InChI=1S/C16H19Cl2N5O2/c1-10-13(17)14(18)15(20-10)16(24)21-12-3-6-22(7-4-12)23-5-2-11(9-23)8-19-25/h2,5,8-9,12,20,25H,3-4,6-7H2,1H3,(H,21,24). The van der Waals surface area contributed by atoms with Crippen LogP contribution in [0.3, 0.4) is 0 Å². The smallest absolute Gasteiger partial charge is 0.269 e. The third kappa shape index (κ3) is 3.77. The van der Waals surface area contributed by atoms with Crippen molar-refractivity contribution in [1.29, 1.82) is 0 Å². The number of nitrogens with zero attached hydrogens (tertiary/aromatic N) is 3. The van der Waals surface area contributed by atoms with Gasteiger partial charge in [-0.1, -0.05) is 28.4 Å². The van der Waals surface area contributed by atoms with Crippen molar-refractivity contribution >= 4 is 35.3 Å². The van der Waals surface area contributed by atoms with Gasteiger partial charge in [-0.3, -0.25) is 9.47 Å². The van der Waals surface area contributed by atoms with E-state index in [4.69, 9.17) is 28.4 Å². The van der Waals surface area contributed by atoms with Gasteiger partial charge in [0.2, 0.25) is 0 Å². The summed E-state index contributed by atoms with van der Waals surface area (Å²) in [6, 6.07) is 1.95. The topological polar surface area (TPSA) is 85.7 Å². The van der Waals surface area contributed by atoms with E-state index in [-0.39, 0.29) is 17.0 Å². The molecule has 3 N–H and O–H groups in total. The number of H-pyrrole nitrogens is 1. The zero-order valence-electron chi connectivity index (χ0n) is 13.7. The number of hydrogen-bond donors (Lipinski definition) is 3. The SMILES string of the molecule is Cc1[nH]c(C(=O)NC2CCN(n3ccc(C=NO)c3)CC2)c(Cl)c1Cl. The van der Waals surface area contributed by atoms with Crippen LogP contribution in [0.25, 0.3) is 0 Å². The van der Waals surface area contributed by atoms with Crippen LogP contribution in [-0.2, 0) is 0 Å². The van der Waals surface area contributed by atoms with E-state index in [2.05, 4.69) is 20.5 Å². The summed E-state index contributed by atoms with van der Waals surface area (Å²) in [4.78, 5) is 15.3. The number of aromatic nitrogens is 2. The van der Waals surface area contributed by atoms with Crippen LogP contribution < -0.4 is 10.3 Å². The maximum absolute atomic E-state index is 12.4. The summed E-state index contributed by atoms with van der Waals surface area (Å²) < 4.78 is 1.97. The van der Waals surface area contributed by atoms with Crippen LogP contribution in [0.2, 0.25) is 10.0 Å². The van der Waals surface area contributed by atoms with Gasteiger partial charge in [-0.15, -0.1) is 0 Å². The summed E-state index contributed by atoms with van der Waals surface area (Å²) in [5.74, 6) is -0.235. The second-order valence-corrected chi connectivity index (χ2v) is 6.78. The predicted octanol–water partition coefficient (Wildman–Crippen LogP) is 2.77. The molecule has 2 aromatic rings. The van der Waals surface area contributed by atoms with Gasteiger partial charge in [0.25, 0.3) is 5.91 Å². The predicted molar refractivity (Wildman–Crippen MR) is 97.8 cm³/mol. The number of carbonyl (C=O) groups excluding carboxylic acids is 1. The molecule has 1 aliphatic rings. The molecule has 25 heavy (non-hydrogen) atoms. The first-order valence-electron chi connectivity index (χ1n) is 7.94. The molecule has 0 bridgehead atoms. The Labute approximate surface area is 155 Å². The third-order valence-electron chi connectivity index (χ3n) is 4.32. The number of carbonyl (C=O) groups is 1. The normalized spacial score (nSPS) is 15.9. The van der Waals surface area contributed by atoms with Gasteiger partial charge in [0.05, 0.1) is 16.3 Å². The molecule has 0 spiro atoms. The van der Waals surface area contributed by atoms with Gasteiger partial charge < -0.3 is 20.5 Å². The summed E-state index contributed by atoms with van der Waals surface area (Å²) in [5, 5.41) is 17.4. The number of piperidine rings is 1. The minimum absolute atomic E-state index is 0.0798. The quantitative estimate of drug-likeness (QED) is 0.431. The molecule has 9 heteroatoms. The van der Waals surface area contributed by atoms with E-state index in [0.29, 0.717) is 16.4 Å². The Morgan fingerprint density at radius 2 is 2.12 bits per heavy atom. The summed E-state index contributed by atoms with van der Waals surface area (Å²) in [6.45, 7) is 3.37. The van der Waals surface area contributed by atoms with E-state index in [9.17, 15) is 4.79 Å². The Morgan fingerprint density at radius 1 is 1.40 bits per heavy atom. The van der Waals surface area contributed by atoms with Gasteiger partial charge in [-0.2, -0.15) is 0 Å². The number of hydrogen-bond acceptors (Lipinski definition) is 4. The van der Waals surface area contributed by atoms with Crippen LogP contribution in [0.15, 0.2) is 23.6 Å². The Bertz CT molecular complexity index is 791. The first-order valence-corrected chi connectivity index (χ1v) is 8.70. The van der Waals surface area contributed by atoms with Crippen molar-refractivity contribution in [1.82, 2.24) is 15.0 Å². The van der Waals surface area contributed by atoms with E-state index in [1.807, 2.05) is 23.1 Å². The van der Waals surface area contributed by atoms with Crippen LogP contribution in [0.5, 0.6) is 0 Å². The average molecular weight is 384 g/mol. The minimum atomic E-state index is -0.235. The second-order valence-electron chi connectivity index (χ2n) is 6.02. The van der Waals surface area contributed by atoms with Gasteiger partial charge in [0, 0.05) is 42.8 Å². The van der Waals surface area contributed by atoms with Crippen LogP contribution in [-0.4, -0.2) is 46.1 Å². The number of aryl methyl sites for hydroxylation is 1. The fraction of sp³-hybridized carbons (Fsp3) is 0.375. The number of nitrogens with one attached hydrogen (secondary N) is 2. The van der Waals surface area contributed by atoms with E-state index < -0.39 is 0 Å². The molecule has 2 aromatic heterocycles. The van der Waals surface area contributed by atoms with Crippen molar-refractivity contribution in [2.24, 2.45) is 5.16 Å². The van der Waals surface area contributed by atoms with E-state index >= 15 is 0 Å². The van der Waals surface area contributed by atoms with Crippen molar-refractivity contribution in [2.45, 2.75) is 25.8 Å². The lowest BCUT2D eigenvalue weighted by Crippen LogP contribution is -2.48.